The fourth-order valence-corrected chi connectivity index (χ4v) is 3.11. The molecule has 0 amide bonds. The number of methoxy groups -OCH3 is 2. The maximum Gasteiger partial charge on any atom is 0.164 e. The lowest BCUT2D eigenvalue weighted by Crippen LogP contribution is -2.11. The van der Waals surface area contributed by atoms with Gasteiger partial charge in [-0.15, -0.1) is 0 Å². The van der Waals surface area contributed by atoms with Gasteiger partial charge in [0.2, 0.25) is 0 Å². The highest BCUT2D eigenvalue weighted by molar-refractivity contribution is 7.10. The van der Waals surface area contributed by atoms with Crippen LogP contribution < -0.4 is 14.8 Å². The summed E-state index contributed by atoms with van der Waals surface area (Å²) in [7, 11) is 5.37. The van der Waals surface area contributed by atoms with Crippen molar-refractivity contribution < 1.29 is 18.8 Å². The Morgan fingerprint density at radius 2 is 1.86 bits per heavy atom. The molecular weight excluding hydrogens is 377 g/mol. The average molecular weight is 399 g/mol. The normalized spacial score (nSPS) is 18.8. The number of carbonyl (C=O) groups excluding carboxylic acids is 1. The summed E-state index contributed by atoms with van der Waals surface area (Å²) in [6.07, 6.45) is 6.83. The Bertz CT molecular complexity index is 985. The van der Waals surface area contributed by atoms with Gasteiger partial charge in [0, 0.05) is 29.9 Å². The largest absolute Gasteiger partial charge is 0.493 e. The number of nitrogens with zero attached hydrogens (tertiary/aromatic N) is 2. The first kappa shape index (κ1) is 19.8. The van der Waals surface area contributed by atoms with Gasteiger partial charge < -0.3 is 19.3 Å². The van der Waals surface area contributed by atoms with Crippen LogP contribution in [-0.2, 0) is 9.32 Å². The Hall–Kier alpha value is -2.92. The summed E-state index contributed by atoms with van der Waals surface area (Å²) < 4.78 is 16.0. The van der Waals surface area contributed by atoms with E-state index in [2.05, 4.69) is 31.3 Å². The molecule has 1 unspecified atom stereocenters. The second-order valence-electron chi connectivity index (χ2n) is 6.16. The topological polar surface area (TPSA) is 82.6 Å². The molecule has 1 aliphatic carbocycles. The van der Waals surface area contributed by atoms with Crippen molar-refractivity contribution in [2.45, 2.75) is 19.3 Å². The summed E-state index contributed by atoms with van der Waals surface area (Å²) in [6, 6.07) is 3.57. The van der Waals surface area contributed by atoms with Crippen LogP contribution in [-0.4, -0.2) is 30.0 Å². The third-order valence-corrected chi connectivity index (χ3v) is 4.77. The highest BCUT2D eigenvalue weighted by atomic mass is 31.0. The molecule has 0 fully saturated rings. The number of hydrogen-bond donors (Lipinski definition) is 1. The lowest BCUT2D eigenvalue weighted by atomic mass is 10.0. The predicted octanol–water partition coefficient (Wildman–Crippen LogP) is 3.94. The fourth-order valence-electron chi connectivity index (χ4n) is 2.91. The van der Waals surface area contributed by atoms with E-state index in [4.69, 9.17) is 14.0 Å². The number of Topliss-reactive ketones (excluding diaryl/α,β-unsaturated/α-hetero) is 1. The van der Waals surface area contributed by atoms with Gasteiger partial charge in [0.25, 0.3) is 0 Å². The van der Waals surface area contributed by atoms with E-state index >= 15 is 0 Å². The molecule has 0 bridgehead atoms. The van der Waals surface area contributed by atoms with Crippen molar-refractivity contribution in [1.82, 2.24) is 9.97 Å². The quantitative estimate of drug-likeness (QED) is 0.602. The number of nitrogens with one attached hydrogen (secondary N) is 1. The van der Waals surface area contributed by atoms with Crippen LogP contribution in [0.1, 0.15) is 19.3 Å². The Labute approximate surface area is 165 Å². The summed E-state index contributed by atoms with van der Waals surface area (Å²) in [6.45, 7) is 3.96. The van der Waals surface area contributed by atoms with E-state index in [0.29, 0.717) is 53.4 Å². The standard InChI is InChI=1S/C20H22N3O4P/c1-12-15(8-7-13(27-28)5-4-6-17(12)24)23-20-14-9-18(25-2)19(26-3)10-16(14)21-11-22-20/h7-11H,1,4-6,28H2,2-3H3,(H,21,22,23)/b13-7+,15-8+. The van der Waals surface area contributed by atoms with E-state index in [9.17, 15) is 4.79 Å². The molecule has 0 spiro atoms. The van der Waals surface area contributed by atoms with Gasteiger partial charge in [0.15, 0.2) is 17.3 Å². The smallest absolute Gasteiger partial charge is 0.164 e. The molecular formula is C20H22N3O4P. The third kappa shape index (κ3) is 4.15. The molecule has 1 aromatic heterocycles. The molecule has 8 heteroatoms. The summed E-state index contributed by atoms with van der Waals surface area (Å²) in [5.74, 6) is 2.42. The molecule has 1 aliphatic rings. The molecule has 28 heavy (non-hydrogen) atoms. The van der Waals surface area contributed by atoms with E-state index in [1.54, 1.807) is 32.4 Å². The number of hydrogen-bond acceptors (Lipinski definition) is 7. The van der Waals surface area contributed by atoms with Gasteiger partial charge in [-0.1, -0.05) is 6.58 Å². The van der Waals surface area contributed by atoms with Crippen LogP contribution in [0.5, 0.6) is 11.5 Å². The second-order valence-corrected chi connectivity index (χ2v) is 6.39. The fraction of sp³-hybridized carbons (Fsp3) is 0.250. The summed E-state index contributed by atoms with van der Waals surface area (Å²) in [5.41, 5.74) is 1.63. The first-order valence-corrected chi connectivity index (χ1v) is 9.18. The van der Waals surface area contributed by atoms with E-state index in [-0.39, 0.29) is 5.78 Å². The second kappa shape index (κ2) is 8.85. The molecule has 1 N–H and O–H groups in total. The molecule has 1 heterocycles. The molecule has 1 aromatic carbocycles. The van der Waals surface area contributed by atoms with Crippen molar-refractivity contribution in [1.29, 1.82) is 0 Å². The van der Waals surface area contributed by atoms with Gasteiger partial charge in [-0.2, -0.15) is 0 Å². The van der Waals surface area contributed by atoms with Crippen LogP contribution >= 0.6 is 9.47 Å². The molecule has 3 rings (SSSR count). The minimum absolute atomic E-state index is 0.0187. The number of ketones is 1. The highest BCUT2D eigenvalue weighted by Crippen LogP contribution is 2.34. The molecule has 0 saturated heterocycles. The zero-order chi connectivity index (χ0) is 20.1. The van der Waals surface area contributed by atoms with Gasteiger partial charge in [-0.05, 0) is 24.6 Å². The van der Waals surface area contributed by atoms with Crippen LogP contribution in [0, 0.1) is 0 Å². The zero-order valence-electron chi connectivity index (χ0n) is 15.8. The van der Waals surface area contributed by atoms with E-state index in [1.165, 1.54) is 6.33 Å². The van der Waals surface area contributed by atoms with Crippen molar-refractivity contribution >= 4 is 32.0 Å². The Morgan fingerprint density at radius 3 is 2.57 bits per heavy atom. The number of aromatic nitrogens is 2. The van der Waals surface area contributed by atoms with Crippen LogP contribution in [0.3, 0.4) is 0 Å². The SMILES string of the molecule is C=C1C(=O)CCC/C(OP)=C\C=C/1Nc1ncnc2cc(OC)c(OC)cc12. The lowest BCUT2D eigenvalue weighted by Gasteiger charge is -2.14. The molecule has 0 saturated carbocycles. The third-order valence-electron chi connectivity index (χ3n) is 4.47. The minimum atomic E-state index is -0.0187. The van der Waals surface area contributed by atoms with E-state index in [0.717, 1.165) is 11.1 Å². The van der Waals surface area contributed by atoms with Crippen molar-refractivity contribution in [2.24, 2.45) is 0 Å². The summed E-state index contributed by atoms with van der Waals surface area (Å²) >= 11 is 0. The van der Waals surface area contributed by atoms with Gasteiger partial charge in [0.1, 0.15) is 12.1 Å². The summed E-state index contributed by atoms with van der Waals surface area (Å²) in [4.78, 5) is 21.1. The Kier molecular flexibility index (Phi) is 6.26. The molecule has 1 atom stereocenters. The zero-order valence-corrected chi connectivity index (χ0v) is 17.0. The summed E-state index contributed by atoms with van der Waals surface area (Å²) in [5, 5.41) is 3.95. The Balaban J connectivity index is 2.06. The van der Waals surface area contributed by atoms with Crippen LogP contribution in [0.15, 0.2) is 54.2 Å². The number of rotatable bonds is 5. The number of ether oxygens (including phenoxy) is 2. The monoisotopic (exact) mass is 399 g/mol. The van der Waals surface area contributed by atoms with Gasteiger partial charge in [0.05, 0.1) is 40.7 Å². The van der Waals surface area contributed by atoms with Crippen LogP contribution in [0.4, 0.5) is 5.82 Å². The maximum atomic E-state index is 12.4. The number of benzene rings is 1. The van der Waals surface area contributed by atoms with Gasteiger partial charge in [-0.3, -0.25) is 4.79 Å². The number of carbonyl (C=O) groups is 1. The molecule has 0 radical (unpaired) electrons. The first-order valence-electron chi connectivity index (χ1n) is 8.71. The minimum Gasteiger partial charge on any atom is -0.493 e. The number of allylic oxidation sites excluding steroid dienone is 4. The molecule has 7 nitrogen and oxygen atoms in total. The molecule has 146 valence electrons. The molecule has 2 aromatic rings. The lowest BCUT2D eigenvalue weighted by molar-refractivity contribution is -0.115. The average Bonchev–Trinajstić information content (AvgIpc) is 2.78. The first-order chi connectivity index (χ1) is 13.6. The van der Waals surface area contributed by atoms with Gasteiger partial charge >= 0.3 is 0 Å². The highest BCUT2D eigenvalue weighted by Gasteiger charge is 2.17. The Morgan fingerprint density at radius 1 is 1.11 bits per heavy atom. The van der Waals surface area contributed by atoms with Crippen molar-refractivity contribution in [3.05, 3.63) is 54.2 Å². The van der Waals surface area contributed by atoms with E-state index < -0.39 is 0 Å². The van der Waals surface area contributed by atoms with E-state index in [1.807, 2.05) is 6.08 Å². The van der Waals surface area contributed by atoms with Crippen LogP contribution in [0.25, 0.3) is 10.9 Å². The van der Waals surface area contributed by atoms with Crippen molar-refractivity contribution in [2.75, 3.05) is 19.5 Å². The number of fused-ring (bicyclic) bond motifs is 1. The predicted molar refractivity (Wildman–Crippen MR) is 111 cm³/mol. The maximum absolute atomic E-state index is 12.4. The van der Waals surface area contributed by atoms with Gasteiger partial charge in [-0.25, -0.2) is 9.97 Å². The van der Waals surface area contributed by atoms with Crippen LogP contribution in [0.2, 0.25) is 0 Å². The van der Waals surface area contributed by atoms with Crippen molar-refractivity contribution in [3.8, 4) is 11.5 Å². The number of anilines is 1. The van der Waals surface area contributed by atoms with Crippen molar-refractivity contribution in [3.63, 3.8) is 0 Å². The molecule has 0 aliphatic heterocycles.